The number of hydrogen-bond acceptors (Lipinski definition) is 3. The smallest absolute Gasteiger partial charge is 0.191 e. The molecular formula is C18H39IN4O. The molecule has 5 nitrogen and oxygen atoms in total. The first-order valence-corrected chi connectivity index (χ1v) is 9.58. The van der Waals surface area contributed by atoms with Gasteiger partial charge in [0.05, 0.1) is 0 Å². The van der Waals surface area contributed by atoms with Crippen molar-refractivity contribution in [2.75, 3.05) is 45.9 Å². The monoisotopic (exact) mass is 454 g/mol. The third-order valence-electron chi connectivity index (χ3n) is 4.55. The van der Waals surface area contributed by atoms with E-state index in [4.69, 9.17) is 10.1 Å². The van der Waals surface area contributed by atoms with Crippen molar-refractivity contribution in [3.05, 3.63) is 0 Å². The molecule has 0 aromatic carbocycles. The van der Waals surface area contributed by atoms with Crippen molar-refractivity contribution in [1.29, 1.82) is 0 Å². The molecule has 3 N–H and O–H groups in total. The third-order valence-corrected chi connectivity index (χ3v) is 4.55. The first kappa shape index (κ1) is 23.9. The van der Waals surface area contributed by atoms with Crippen LogP contribution in [0.5, 0.6) is 0 Å². The number of aliphatic imine (C=N–C) groups is 1. The maximum Gasteiger partial charge on any atom is 0.191 e. The Labute approximate surface area is 166 Å². The molecule has 1 heterocycles. The van der Waals surface area contributed by atoms with Gasteiger partial charge >= 0.3 is 0 Å². The lowest BCUT2D eigenvalue weighted by molar-refractivity contribution is 0.253. The van der Waals surface area contributed by atoms with E-state index in [1.165, 1.54) is 32.5 Å². The minimum absolute atomic E-state index is 0. The highest BCUT2D eigenvalue weighted by Gasteiger charge is 2.21. The van der Waals surface area contributed by atoms with Crippen LogP contribution in [0.1, 0.15) is 52.9 Å². The summed E-state index contributed by atoms with van der Waals surface area (Å²) in [6, 6.07) is 0. The van der Waals surface area contributed by atoms with E-state index in [0.717, 1.165) is 50.8 Å². The summed E-state index contributed by atoms with van der Waals surface area (Å²) in [5.41, 5.74) is 0. The largest absolute Gasteiger partial charge is 0.396 e. The lowest BCUT2D eigenvalue weighted by atomic mass is 10.0. The van der Waals surface area contributed by atoms with Crippen molar-refractivity contribution in [1.82, 2.24) is 15.5 Å². The van der Waals surface area contributed by atoms with Gasteiger partial charge in [-0.25, -0.2) is 0 Å². The SMILES string of the molecule is CCCC(CCO)CN=C(NCC)NCC1CCN(CCC)C1.I. The van der Waals surface area contributed by atoms with Crippen LogP contribution in [0.15, 0.2) is 4.99 Å². The Morgan fingerprint density at radius 2 is 2.00 bits per heavy atom. The Kier molecular flexibility index (Phi) is 15.1. The van der Waals surface area contributed by atoms with E-state index in [-0.39, 0.29) is 30.6 Å². The van der Waals surface area contributed by atoms with Gasteiger partial charge in [0.1, 0.15) is 0 Å². The summed E-state index contributed by atoms with van der Waals surface area (Å²) >= 11 is 0. The van der Waals surface area contributed by atoms with E-state index in [1.807, 2.05) is 0 Å². The second-order valence-corrected chi connectivity index (χ2v) is 6.72. The minimum Gasteiger partial charge on any atom is -0.396 e. The maximum absolute atomic E-state index is 9.16. The van der Waals surface area contributed by atoms with Crippen LogP contribution in [0, 0.1) is 11.8 Å². The van der Waals surface area contributed by atoms with E-state index in [9.17, 15) is 0 Å². The zero-order valence-corrected chi connectivity index (χ0v) is 18.2. The molecule has 0 aromatic rings. The normalized spacial score (nSPS) is 19.8. The Hall–Kier alpha value is -0.0800. The Morgan fingerprint density at radius 3 is 2.62 bits per heavy atom. The first-order valence-electron chi connectivity index (χ1n) is 9.58. The first-order chi connectivity index (χ1) is 11.2. The molecule has 6 heteroatoms. The summed E-state index contributed by atoms with van der Waals surface area (Å²) in [6.07, 6.45) is 5.67. The van der Waals surface area contributed by atoms with Crippen LogP contribution < -0.4 is 10.6 Å². The van der Waals surface area contributed by atoms with E-state index in [2.05, 4.69) is 36.3 Å². The van der Waals surface area contributed by atoms with Gasteiger partial charge in [-0.1, -0.05) is 20.3 Å². The molecule has 0 radical (unpaired) electrons. The van der Waals surface area contributed by atoms with Crippen LogP contribution in [-0.2, 0) is 0 Å². The predicted molar refractivity (Wildman–Crippen MR) is 114 cm³/mol. The number of nitrogens with zero attached hydrogens (tertiary/aromatic N) is 2. The molecule has 1 aliphatic heterocycles. The van der Waals surface area contributed by atoms with Gasteiger partial charge in [0.25, 0.3) is 0 Å². The standard InChI is InChI=1S/C18H38N4O.HI/c1-4-7-16(9-12-23)13-20-18(19-6-3)21-14-17-8-11-22(15-17)10-5-2;/h16-17,23H,4-15H2,1-3H3,(H2,19,20,21);1H. The number of guanidine groups is 1. The van der Waals surface area contributed by atoms with Crippen LogP contribution in [-0.4, -0.2) is 61.8 Å². The molecule has 0 spiro atoms. The van der Waals surface area contributed by atoms with E-state index in [1.54, 1.807) is 0 Å². The molecule has 2 unspecified atom stereocenters. The summed E-state index contributed by atoms with van der Waals surface area (Å²) in [7, 11) is 0. The number of hydrogen-bond donors (Lipinski definition) is 3. The van der Waals surface area contributed by atoms with E-state index >= 15 is 0 Å². The Morgan fingerprint density at radius 1 is 1.21 bits per heavy atom. The number of halogens is 1. The molecule has 0 bridgehead atoms. The van der Waals surface area contributed by atoms with E-state index < -0.39 is 0 Å². The van der Waals surface area contributed by atoms with Crippen molar-refractivity contribution in [3.8, 4) is 0 Å². The molecule has 1 rings (SSSR count). The predicted octanol–water partition coefficient (Wildman–Crippen LogP) is 2.69. The summed E-state index contributed by atoms with van der Waals surface area (Å²) in [5, 5.41) is 16.0. The molecule has 0 saturated carbocycles. The molecule has 0 aliphatic carbocycles. The van der Waals surface area contributed by atoms with Crippen LogP contribution in [0.25, 0.3) is 0 Å². The Bertz CT molecular complexity index is 322. The third kappa shape index (κ3) is 10.0. The topological polar surface area (TPSA) is 59.9 Å². The molecule has 144 valence electrons. The number of nitrogens with one attached hydrogen (secondary N) is 2. The van der Waals surface area contributed by atoms with Crippen LogP contribution in [0.2, 0.25) is 0 Å². The number of aliphatic hydroxyl groups excluding tert-OH is 1. The second kappa shape index (κ2) is 15.2. The molecule has 0 amide bonds. The lowest BCUT2D eigenvalue weighted by Gasteiger charge is -2.18. The average Bonchev–Trinajstić information content (AvgIpc) is 2.98. The molecule has 2 atom stereocenters. The molecule has 0 aromatic heterocycles. The fourth-order valence-corrected chi connectivity index (χ4v) is 3.32. The summed E-state index contributed by atoms with van der Waals surface area (Å²) < 4.78 is 0. The molecule has 1 fully saturated rings. The van der Waals surface area contributed by atoms with Crippen molar-refractivity contribution >= 4 is 29.9 Å². The van der Waals surface area contributed by atoms with Gasteiger partial charge in [0.15, 0.2) is 5.96 Å². The van der Waals surface area contributed by atoms with Gasteiger partial charge in [-0.15, -0.1) is 24.0 Å². The number of likely N-dealkylation sites (tertiary alicyclic amines) is 1. The van der Waals surface area contributed by atoms with Gasteiger partial charge in [0.2, 0.25) is 0 Å². The number of aliphatic hydroxyl groups is 1. The average molecular weight is 454 g/mol. The van der Waals surface area contributed by atoms with Gasteiger partial charge in [-0.05, 0) is 57.5 Å². The summed E-state index contributed by atoms with van der Waals surface area (Å²) in [5.74, 6) is 2.15. The molecular weight excluding hydrogens is 415 g/mol. The van der Waals surface area contributed by atoms with Crippen molar-refractivity contribution in [3.63, 3.8) is 0 Å². The van der Waals surface area contributed by atoms with Crippen LogP contribution in [0.4, 0.5) is 0 Å². The van der Waals surface area contributed by atoms with Crippen molar-refractivity contribution in [2.45, 2.75) is 52.9 Å². The van der Waals surface area contributed by atoms with Crippen molar-refractivity contribution < 1.29 is 5.11 Å². The highest BCUT2D eigenvalue weighted by molar-refractivity contribution is 14.0. The Balaban J connectivity index is 0.00000529. The van der Waals surface area contributed by atoms with Crippen LogP contribution >= 0.6 is 24.0 Å². The second-order valence-electron chi connectivity index (χ2n) is 6.72. The zero-order valence-electron chi connectivity index (χ0n) is 15.9. The minimum atomic E-state index is 0. The van der Waals surface area contributed by atoms with Crippen LogP contribution in [0.3, 0.4) is 0 Å². The van der Waals surface area contributed by atoms with Gasteiger partial charge in [-0.2, -0.15) is 0 Å². The molecule has 24 heavy (non-hydrogen) atoms. The number of rotatable bonds is 11. The molecule has 1 saturated heterocycles. The maximum atomic E-state index is 9.16. The summed E-state index contributed by atoms with van der Waals surface area (Å²) in [4.78, 5) is 7.30. The van der Waals surface area contributed by atoms with E-state index in [0.29, 0.717) is 5.92 Å². The quantitative estimate of drug-likeness (QED) is 0.255. The lowest BCUT2D eigenvalue weighted by Crippen LogP contribution is -2.40. The fourth-order valence-electron chi connectivity index (χ4n) is 3.32. The summed E-state index contributed by atoms with van der Waals surface area (Å²) in [6.45, 7) is 13.2. The van der Waals surface area contributed by atoms with Crippen molar-refractivity contribution in [2.24, 2.45) is 16.8 Å². The van der Waals surface area contributed by atoms with Gasteiger partial charge in [-0.3, -0.25) is 4.99 Å². The highest BCUT2D eigenvalue weighted by atomic mass is 127. The van der Waals surface area contributed by atoms with Gasteiger partial charge in [0, 0.05) is 32.8 Å². The fraction of sp³-hybridized carbons (Fsp3) is 0.944. The highest BCUT2D eigenvalue weighted by Crippen LogP contribution is 2.15. The molecule has 1 aliphatic rings. The zero-order chi connectivity index (χ0) is 16.9. The van der Waals surface area contributed by atoms with Gasteiger partial charge < -0.3 is 20.6 Å².